The molecule has 0 aliphatic carbocycles. The van der Waals surface area contributed by atoms with Crippen molar-refractivity contribution in [2.75, 3.05) is 19.4 Å². The summed E-state index contributed by atoms with van der Waals surface area (Å²) in [7, 11) is -1.08. The van der Waals surface area contributed by atoms with E-state index in [9.17, 15) is 18.0 Å². The SMILES string of the molecule is CC(=O)Nc1ccc(C(=O)N(C)C)c(S(N)(=O)=O)c1. The van der Waals surface area contributed by atoms with Crippen LogP contribution in [0.25, 0.3) is 0 Å². The third-order valence-corrected chi connectivity index (χ3v) is 3.20. The molecule has 1 aromatic carbocycles. The van der Waals surface area contributed by atoms with Gasteiger partial charge in [-0.25, -0.2) is 13.6 Å². The zero-order valence-electron chi connectivity index (χ0n) is 10.8. The minimum absolute atomic E-state index is 0.0402. The number of anilines is 1. The van der Waals surface area contributed by atoms with Crippen LogP contribution in [0, 0.1) is 0 Å². The molecule has 0 radical (unpaired) electrons. The number of hydrogen-bond acceptors (Lipinski definition) is 4. The van der Waals surface area contributed by atoms with Gasteiger partial charge in [-0.2, -0.15) is 0 Å². The molecule has 0 aliphatic rings. The molecule has 3 N–H and O–H groups in total. The highest BCUT2D eigenvalue weighted by Gasteiger charge is 2.21. The average molecular weight is 285 g/mol. The number of rotatable bonds is 3. The van der Waals surface area contributed by atoms with Gasteiger partial charge in [-0.3, -0.25) is 9.59 Å². The fraction of sp³-hybridized carbons (Fsp3) is 0.273. The van der Waals surface area contributed by atoms with Crippen molar-refractivity contribution in [3.8, 4) is 0 Å². The molecule has 19 heavy (non-hydrogen) atoms. The lowest BCUT2D eigenvalue weighted by atomic mass is 10.2. The summed E-state index contributed by atoms with van der Waals surface area (Å²) >= 11 is 0. The van der Waals surface area contributed by atoms with Crippen molar-refractivity contribution < 1.29 is 18.0 Å². The minimum atomic E-state index is -4.07. The largest absolute Gasteiger partial charge is 0.345 e. The van der Waals surface area contributed by atoms with Crippen LogP contribution in [0.5, 0.6) is 0 Å². The van der Waals surface area contributed by atoms with Crippen molar-refractivity contribution in [2.45, 2.75) is 11.8 Å². The molecule has 2 amide bonds. The predicted molar refractivity (Wildman–Crippen MR) is 70.1 cm³/mol. The second-order valence-electron chi connectivity index (χ2n) is 4.14. The van der Waals surface area contributed by atoms with Gasteiger partial charge in [0.25, 0.3) is 5.91 Å². The Balaban J connectivity index is 3.42. The minimum Gasteiger partial charge on any atom is -0.345 e. The van der Waals surface area contributed by atoms with Crippen LogP contribution in [0.3, 0.4) is 0 Å². The van der Waals surface area contributed by atoms with Crippen molar-refractivity contribution in [2.24, 2.45) is 5.14 Å². The van der Waals surface area contributed by atoms with Gasteiger partial charge in [0.15, 0.2) is 0 Å². The molecular formula is C11H15N3O4S. The maximum absolute atomic E-state index is 11.9. The summed E-state index contributed by atoms with van der Waals surface area (Å²) in [5.74, 6) is -0.842. The summed E-state index contributed by atoms with van der Waals surface area (Å²) in [5.41, 5.74) is 0.216. The monoisotopic (exact) mass is 285 g/mol. The number of nitrogens with two attached hydrogens (primary N) is 1. The zero-order valence-corrected chi connectivity index (χ0v) is 11.6. The molecule has 8 heteroatoms. The first-order valence-electron chi connectivity index (χ1n) is 5.29. The number of benzene rings is 1. The van der Waals surface area contributed by atoms with Crippen LogP contribution < -0.4 is 10.5 Å². The fourth-order valence-corrected chi connectivity index (χ4v) is 2.21. The Hall–Kier alpha value is -1.93. The molecule has 0 aromatic heterocycles. The highest BCUT2D eigenvalue weighted by molar-refractivity contribution is 7.89. The van der Waals surface area contributed by atoms with Crippen molar-refractivity contribution in [1.82, 2.24) is 4.90 Å². The lowest BCUT2D eigenvalue weighted by Gasteiger charge is -2.14. The second kappa shape index (κ2) is 5.37. The van der Waals surface area contributed by atoms with Gasteiger partial charge < -0.3 is 10.2 Å². The molecule has 0 spiro atoms. The standard InChI is InChI=1S/C11H15N3O4S/c1-7(15)13-8-4-5-9(11(16)14(2)3)10(6-8)19(12,17)18/h4-6H,1-3H3,(H,13,15)(H2,12,17,18). The molecule has 0 atom stereocenters. The summed E-state index contributed by atoms with van der Waals surface area (Å²) in [6.07, 6.45) is 0. The van der Waals surface area contributed by atoms with Crippen LogP contribution in [-0.4, -0.2) is 39.2 Å². The summed E-state index contributed by atoms with van der Waals surface area (Å²) in [5, 5.41) is 7.51. The molecule has 0 fully saturated rings. The molecule has 104 valence electrons. The van der Waals surface area contributed by atoms with Gasteiger partial charge in [0, 0.05) is 26.7 Å². The van der Waals surface area contributed by atoms with Crippen molar-refractivity contribution in [1.29, 1.82) is 0 Å². The maximum atomic E-state index is 11.9. The molecular weight excluding hydrogens is 270 g/mol. The van der Waals surface area contributed by atoms with E-state index in [-0.39, 0.29) is 22.1 Å². The van der Waals surface area contributed by atoms with Gasteiger partial charge in [-0.05, 0) is 18.2 Å². The number of primary sulfonamides is 1. The van der Waals surface area contributed by atoms with E-state index in [4.69, 9.17) is 5.14 Å². The first-order chi connectivity index (χ1) is 8.62. The predicted octanol–water partition coefficient (Wildman–Crippen LogP) is -0.00580. The third kappa shape index (κ3) is 3.76. The number of nitrogens with one attached hydrogen (secondary N) is 1. The second-order valence-corrected chi connectivity index (χ2v) is 5.67. The highest BCUT2D eigenvalue weighted by Crippen LogP contribution is 2.20. The van der Waals surface area contributed by atoms with Gasteiger partial charge in [0.05, 0.1) is 10.5 Å². The quantitative estimate of drug-likeness (QED) is 0.814. The number of carbonyl (C=O) groups is 2. The zero-order chi connectivity index (χ0) is 14.8. The molecule has 0 bridgehead atoms. The van der Waals surface area contributed by atoms with E-state index in [1.807, 2.05) is 0 Å². The lowest BCUT2D eigenvalue weighted by molar-refractivity contribution is -0.114. The number of hydrogen-bond donors (Lipinski definition) is 2. The third-order valence-electron chi connectivity index (χ3n) is 2.25. The Bertz CT molecular complexity index is 623. The van der Waals surface area contributed by atoms with E-state index in [1.54, 1.807) is 0 Å². The number of carbonyl (C=O) groups excluding carboxylic acids is 2. The van der Waals surface area contributed by atoms with Gasteiger partial charge in [-0.15, -0.1) is 0 Å². The Morgan fingerprint density at radius 2 is 1.84 bits per heavy atom. The Labute approximate surface area is 111 Å². The number of amides is 2. The van der Waals surface area contributed by atoms with E-state index in [2.05, 4.69) is 5.32 Å². The van der Waals surface area contributed by atoms with E-state index in [1.165, 1.54) is 38.1 Å². The van der Waals surface area contributed by atoms with Gasteiger partial charge in [0.2, 0.25) is 15.9 Å². The maximum Gasteiger partial charge on any atom is 0.254 e. The number of sulfonamides is 1. The molecule has 0 unspecified atom stereocenters. The highest BCUT2D eigenvalue weighted by atomic mass is 32.2. The Morgan fingerprint density at radius 1 is 1.26 bits per heavy atom. The van der Waals surface area contributed by atoms with E-state index in [0.29, 0.717) is 0 Å². The summed E-state index contributed by atoms with van der Waals surface area (Å²) in [6.45, 7) is 1.29. The summed E-state index contributed by atoms with van der Waals surface area (Å²) < 4.78 is 23.0. The van der Waals surface area contributed by atoms with Gasteiger partial charge in [0.1, 0.15) is 0 Å². The normalized spacial score (nSPS) is 10.9. The molecule has 0 saturated carbocycles. The molecule has 0 heterocycles. The molecule has 1 aromatic rings. The molecule has 0 saturated heterocycles. The van der Waals surface area contributed by atoms with Crippen LogP contribution in [0.2, 0.25) is 0 Å². The van der Waals surface area contributed by atoms with Crippen LogP contribution in [-0.2, 0) is 14.8 Å². The molecule has 0 aliphatic heterocycles. The van der Waals surface area contributed by atoms with E-state index >= 15 is 0 Å². The summed E-state index contributed by atoms with van der Waals surface area (Å²) in [4.78, 5) is 23.7. The lowest BCUT2D eigenvalue weighted by Crippen LogP contribution is -2.25. The molecule has 1 rings (SSSR count). The Kier molecular flexibility index (Phi) is 4.28. The van der Waals surface area contributed by atoms with Crippen LogP contribution in [0.15, 0.2) is 23.1 Å². The van der Waals surface area contributed by atoms with Crippen molar-refractivity contribution in [3.05, 3.63) is 23.8 Å². The Morgan fingerprint density at radius 3 is 2.26 bits per heavy atom. The number of nitrogens with zero attached hydrogens (tertiary/aromatic N) is 1. The van der Waals surface area contributed by atoms with E-state index < -0.39 is 15.9 Å². The fourth-order valence-electron chi connectivity index (χ4n) is 1.46. The van der Waals surface area contributed by atoms with Crippen molar-refractivity contribution >= 4 is 27.5 Å². The van der Waals surface area contributed by atoms with Crippen LogP contribution >= 0.6 is 0 Å². The topological polar surface area (TPSA) is 110 Å². The first kappa shape index (κ1) is 15.1. The summed E-state index contributed by atoms with van der Waals surface area (Å²) in [6, 6.07) is 3.91. The van der Waals surface area contributed by atoms with Crippen LogP contribution in [0.4, 0.5) is 5.69 Å². The van der Waals surface area contributed by atoms with E-state index in [0.717, 1.165) is 6.07 Å². The van der Waals surface area contributed by atoms with Gasteiger partial charge in [-0.1, -0.05) is 0 Å². The van der Waals surface area contributed by atoms with Gasteiger partial charge >= 0.3 is 0 Å². The molecule has 7 nitrogen and oxygen atoms in total. The average Bonchev–Trinajstić information content (AvgIpc) is 2.25. The first-order valence-corrected chi connectivity index (χ1v) is 6.83. The van der Waals surface area contributed by atoms with Crippen molar-refractivity contribution in [3.63, 3.8) is 0 Å². The smallest absolute Gasteiger partial charge is 0.254 e. The van der Waals surface area contributed by atoms with Crippen LogP contribution in [0.1, 0.15) is 17.3 Å².